The zero-order valence-electron chi connectivity index (χ0n) is 12.8. The average Bonchev–Trinajstić information content (AvgIpc) is 2.96. The van der Waals surface area contributed by atoms with Crippen molar-refractivity contribution in [3.8, 4) is 11.4 Å². The number of carbonyl (C=O) groups excluding carboxylic acids is 1. The van der Waals surface area contributed by atoms with Gasteiger partial charge in [-0.05, 0) is 18.2 Å². The van der Waals surface area contributed by atoms with Crippen LogP contribution in [0.4, 0.5) is 17.3 Å². The van der Waals surface area contributed by atoms with Gasteiger partial charge in [0.1, 0.15) is 0 Å². The van der Waals surface area contributed by atoms with Gasteiger partial charge in [0.25, 0.3) is 5.91 Å². The van der Waals surface area contributed by atoms with Crippen molar-refractivity contribution in [2.24, 2.45) is 0 Å². The van der Waals surface area contributed by atoms with Crippen LogP contribution in [0.3, 0.4) is 0 Å². The van der Waals surface area contributed by atoms with Crippen molar-refractivity contribution >= 4 is 23.2 Å². The molecule has 0 spiro atoms. The summed E-state index contributed by atoms with van der Waals surface area (Å²) in [5, 5.41) is 6.22. The molecule has 1 aromatic carbocycles. The molecule has 7 nitrogen and oxygen atoms in total. The Balaban J connectivity index is 1.88. The molecule has 0 atom stereocenters. The van der Waals surface area contributed by atoms with E-state index in [0.717, 1.165) is 23.5 Å². The highest BCUT2D eigenvalue weighted by atomic mass is 16.1. The fourth-order valence-electron chi connectivity index (χ4n) is 2.88. The van der Waals surface area contributed by atoms with E-state index in [4.69, 9.17) is 5.73 Å². The highest BCUT2D eigenvalue weighted by molar-refractivity contribution is 6.06. The van der Waals surface area contributed by atoms with Gasteiger partial charge in [0.15, 0.2) is 0 Å². The molecule has 3 heterocycles. The molecule has 1 amide bonds. The molecule has 0 fully saturated rings. The number of para-hydroxylation sites is 1. The average molecular weight is 320 g/mol. The standard InChI is InChI=1S/C17H16N6O/c18-17-20-9-7-12(23-17)14-15(21-10-4-2-1-3-5-10)13-11(22-14)6-8-19-16(13)24/h1-5,7,9,21-22H,6,8H2,(H,19,24)(H2,18,20,23). The summed E-state index contributed by atoms with van der Waals surface area (Å²) in [6.07, 6.45) is 2.34. The molecule has 1 aliphatic heterocycles. The molecule has 1 aliphatic rings. The van der Waals surface area contributed by atoms with Crippen LogP contribution in [0.15, 0.2) is 42.6 Å². The molecule has 7 heteroatoms. The second-order valence-corrected chi connectivity index (χ2v) is 5.53. The second-order valence-electron chi connectivity index (χ2n) is 5.53. The lowest BCUT2D eigenvalue weighted by Gasteiger charge is -2.15. The van der Waals surface area contributed by atoms with Gasteiger partial charge in [-0.3, -0.25) is 4.79 Å². The summed E-state index contributed by atoms with van der Waals surface area (Å²) < 4.78 is 0. The molecule has 4 rings (SSSR count). The lowest BCUT2D eigenvalue weighted by molar-refractivity contribution is 0.0947. The van der Waals surface area contributed by atoms with Crippen molar-refractivity contribution < 1.29 is 4.79 Å². The van der Waals surface area contributed by atoms with Gasteiger partial charge >= 0.3 is 0 Å². The fraction of sp³-hybridized carbons (Fsp3) is 0.118. The summed E-state index contributed by atoms with van der Waals surface area (Å²) in [5.41, 5.74) is 10.2. The van der Waals surface area contributed by atoms with E-state index in [0.29, 0.717) is 23.5 Å². The number of fused-ring (bicyclic) bond motifs is 1. The number of nitrogens with two attached hydrogens (primary N) is 1. The van der Waals surface area contributed by atoms with Crippen molar-refractivity contribution in [2.75, 3.05) is 17.6 Å². The zero-order valence-corrected chi connectivity index (χ0v) is 12.8. The Bertz CT molecular complexity index is 903. The van der Waals surface area contributed by atoms with Crippen LogP contribution < -0.4 is 16.4 Å². The number of amides is 1. The number of aromatic nitrogens is 3. The van der Waals surface area contributed by atoms with Crippen LogP contribution in [0.25, 0.3) is 11.4 Å². The van der Waals surface area contributed by atoms with Crippen LogP contribution in [-0.2, 0) is 6.42 Å². The largest absolute Gasteiger partial charge is 0.368 e. The third kappa shape index (κ3) is 2.45. The molecule has 3 aromatic rings. The Kier molecular flexibility index (Phi) is 3.38. The monoisotopic (exact) mass is 320 g/mol. The van der Waals surface area contributed by atoms with E-state index in [1.54, 1.807) is 12.3 Å². The van der Waals surface area contributed by atoms with Crippen molar-refractivity contribution in [1.29, 1.82) is 0 Å². The topological polar surface area (TPSA) is 109 Å². The number of benzene rings is 1. The maximum absolute atomic E-state index is 12.4. The van der Waals surface area contributed by atoms with Gasteiger partial charge in [0.2, 0.25) is 5.95 Å². The number of nitrogens with one attached hydrogen (secondary N) is 3. The third-order valence-electron chi connectivity index (χ3n) is 3.94. The van der Waals surface area contributed by atoms with Crippen LogP contribution >= 0.6 is 0 Å². The van der Waals surface area contributed by atoms with Gasteiger partial charge in [-0.15, -0.1) is 0 Å². The van der Waals surface area contributed by atoms with Crippen molar-refractivity contribution in [3.05, 3.63) is 53.9 Å². The molecule has 0 saturated heterocycles. The summed E-state index contributed by atoms with van der Waals surface area (Å²) in [7, 11) is 0. The predicted octanol–water partition coefficient (Wildman–Crippen LogP) is 2.08. The summed E-state index contributed by atoms with van der Waals surface area (Å²) in [6.45, 7) is 0.614. The Morgan fingerprint density at radius 2 is 2.00 bits per heavy atom. The molecule has 0 radical (unpaired) electrons. The quantitative estimate of drug-likeness (QED) is 0.591. The SMILES string of the molecule is Nc1nccc(-c2[nH]c3c(c2Nc2ccccc2)C(=O)NCC3)n1. The van der Waals surface area contributed by atoms with Crippen LogP contribution in [-0.4, -0.2) is 27.4 Å². The third-order valence-corrected chi connectivity index (χ3v) is 3.94. The molecule has 5 N–H and O–H groups in total. The minimum Gasteiger partial charge on any atom is -0.368 e. The Morgan fingerprint density at radius 3 is 2.79 bits per heavy atom. The van der Waals surface area contributed by atoms with Gasteiger partial charge in [0.05, 0.1) is 22.6 Å². The smallest absolute Gasteiger partial charge is 0.255 e. The van der Waals surface area contributed by atoms with Crippen molar-refractivity contribution in [1.82, 2.24) is 20.3 Å². The first-order valence-electron chi connectivity index (χ1n) is 7.66. The summed E-state index contributed by atoms with van der Waals surface area (Å²) >= 11 is 0. The lowest BCUT2D eigenvalue weighted by atomic mass is 10.1. The van der Waals surface area contributed by atoms with E-state index in [1.807, 2.05) is 30.3 Å². The Labute approximate surface area is 138 Å². The van der Waals surface area contributed by atoms with E-state index in [1.165, 1.54) is 0 Å². The zero-order chi connectivity index (χ0) is 16.5. The number of nitrogens with zero attached hydrogens (tertiary/aromatic N) is 2. The number of anilines is 3. The van der Waals surface area contributed by atoms with Crippen molar-refractivity contribution in [2.45, 2.75) is 6.42 Å². The number of rotatable bonds is 3. The number of hydrogen-bond acceptors (Lipinski definition) is 5. The van der Waals surface area contributed by atoms with Crippen LogP contribution in [0.1, 0.15) is 16.1 Å². The minimum absolute atomic E-state index is 0.0980. The molecule has 0 saturated carbocycles. The van der Waals surface area contributed by atoms with Crippen molar-refractivity contribution in [3.63, 3.8) is 0 Å². The van der Waals surface area contributed by atoms with E-state index in [9.17, 15) is 4.79 Å². The number of hydrogen-bond donors (Lipinski definition) is 4. The Hall–Kier alpha value is -3.35. The maximum Gasteiger partial charge on any atom is 0.255 e. The van der Waals surface area contributed by atoms with E-state index in [-0.39, 0.29) is 11.9 Å². The lowest BCUT2D eigenvalue weighted by Crippen LogP contribution is -2.31. The maximum atomic E-state index is 12.4. The molecule has 24 heavy (non-hydrogen) atoms. The predicted molar refractivity (Wildman–Crippen MR) is 92.0 cm³/mol. The van der Waals surface area contributed by atoms with E-state index < -0.39 is 0 Å². The van der Waals surface area contributed by atoms with Gasteiger partial charge in [0, 0.05) is 30.5 Å². The molecular formula is C17H16N6O. The number of nitrogen functional groups attached to an aromatic ring is 1. The molecule has 2 aromatic heterocycles. The van der Waals surface area contributed by atoms with Gasteiger partial charge in [-0.1, -0.05) is 18.2 Å². The molecule has 0 unspecified atom stereocenters. The number of carbonyl (C=O) groups is 1. The van der Waals surface area contributed by atoms with Crippen LogP contribution in [0.2, 0.25) is 0 Å². The molecule has 0 aliphatic carbocycles. The molecular weight excluding hydrogens is 304 g/mol. The van der Waals surface area contributed by atoms with Crippen LogP contribution in [0, 0.1) is 0 Å². The van der Waals surface area contributed by atoms with Gasteiger partial charge in [-0.2, -0.15) is 0 Å². The van der Waals surface area contributed by atoms with E-state index >= 15 is 0 Å². The normalized spacial score (nSPS) is 13.2. The van der Waals surface area contributed by atoms with Gasteiger partial charge < -0.3 is 21.4 Å². The first kappa shape index (κ1) is 14.3. The van der Waals surface area contributed by atoms with Crippen LogP contribution in [0.5, 0.6) is 0 Å². The molecule has 120 valence electrons. The number of aromatic amines is 1. The highest BCUT2D eigenvalue weighted by Gasteiger charge is 2.27. The molecule has 0 bridgehead atoms. The van der Waals surface area contributed by atoms with E-state index in [2.05, 4.69) is 25.6 Å². The number of H-pyrrole nitrogens is 1. The van der Waals surface area contributed by atoms with Gasteiger partial charge in [-0.25, -0.2) is 9.97 Å². The first-order valence-corrected chi connectivity index (χ1v) is 7.66. The first-order chi connectivity index (χ1) is 11.7. The summed E-state index contributed by atoms with van der Waals surface area (Å²) in [4.78, 5) is 23.9. The fourth-order valence-corrected chi connectivity index (χ4v) is 2.88. The minimum atomic E-state index is -0.0980. The Morgan fingerprint density at radius 1 is 1.17 bits per heavy atom. The summed E-state index contributed by atoms with van der Waals surface area (Å²) in [5.74, 6) is 0.0920. The summed E-state index contributed by atoms with van der Waals surface area (Å²) in [6, 6.07) is 11.5. The second kappa shape index (κ2) is 5.69. The highest BCUT2D eigenvalue weighted by Crippen LogP contribution is 2.35.